The van der Waals surface area contributed by atoms with Gasteiger partial charge in [-0.2, -0.15) is 22.0 Å². The van der Waals surface area contributed by atoms with Crippen molar-refractivity contribution >= 4 is 11.6 Å². The Morgan fingerprint density at radius 2 is 1.72 bits per heavy atom. The van der Waals surface area contributed by atoms with Crippen LogP contribution >= 0.6 is 0 Å². The van der Waals surface area contributed by atoms with Crippen molar-refractivity contribution in [2.75, 3.05) is 5.32 Å². The maximum absolute atomic E-state index is 14.4. The number of hydrogen-bond acceptors (Lipinski definition) is 6. The first-order valence-corrected chi connectivity index (χ1v) is 8.79. The number of nitrogens with one attached hydrogen (secondary N) is 1. The molecule has 0 aliphatic rings. The molecule has 3 rings (SSSR count). The van der Waals surface area contributed by atoms with E-state index >= 15 is 0 Å². The molecule has 0 aliphatic heterocycles. The highest BCUT2D eigenvalue weighted by Crippen LogP contribution is 2.31. The van der Waals surface area contributed by atoms with Crippen LogP contribution in [0.1, 0.15) is 16.8 Å². The molecule has 0 radical (unpaired) electrons. The molecule has 8 nitrogen and oxygen atoms in total. The molecule has 2 N–H and O–H groups in total. The van der Waals surface area contributed by atoms with E-state index in [1.165, 1.54) is 30.3 Å². The number of aromatic nitrogens is 5. The summed E-state index contributed by atoms with van der Waals surface area (Å²) in [6.45, 7) is -0.539. The highest BCUT2D eigenvalue weighted by molar-refractivity contribution is 5.94. The number of alkyl halides is 5. The van der Waals surface area contributed by atoms with Crippen LogP contribution in [0.15, 0.2) is 48.9 Å². The normalized spacial score (nSPS) is 12.6. The fourth-order valence-electron chi connectivity index (χ4n) is 2.37. The zero-order valence-electron chi connectivity index (χ0n) is 15.9. The summed E-state index contributed by atoms with van der Waals surface area (Å²) >= 11 is 0. The van der Waals surface area contributed by atoms with Crippen molar-refractivity contribution in [1.29, 1.82) is 0 Å². The molecule has 0 saturated carbocycles. The van der Waals surface area contributed by atoms with Crippen molar-refractivity contribution in [2.45, 2.75) is 24.7 Å². The molecule has 0 saturated heterocycles. The zero-order valence-corrected chi connectivity index (χ0v) is 15.9. The largest absolute Gasteiger partial charge is 0.471 e. The molecule has 1 atom stereocenters. The van der Waals surface area contributed by atoms with Gasteiger partial charge in [-0.15, -0.1) is 5.10 Å². The van der Waals surface area contributed by atoms with E-state index in [0.717, 1.165) is 23.3 Å². The van der Waals surface area contributed by atoms with Crippen molar-refractivity contribution in [3.63, 3.8) is 0 Å². The molecule has 166 valence electrons. The molecule has 0 aliphatic carbocycles. The number of carbonyl (C=O) groups excluding carboxylic acids is 1. The number of benzene rings is 1. The third-order valence-corrected chi connectivity index (χ3v) is 4.03. The van der Waals surface area contributed by atoms with Crippen LogP contribution in [0.25, 0.3) is 0 Å². The molecule has 3 aromatic rings. The quantitative estimate of drug-likeness (QED) is 0.454. The molecule has 1 aromatic carbocycles. The molecule has 32 heavy (non-hydrogen) atoms. The maximum Gasteiger partial charge on any atom is 0.471 e. The molecule has 1 amide bonds. The number of halogens is 5. The lowest BCUT2D eigenvalue weighted by Gasteiger charge is -2.21. The van der Waals surface area contributed by atoms with Gasteiger partial charge in [-0.1, -0.05) is 11.8 Å². The van der Waals surface area contributed by atoms with E-state index in [1.54, 1.807) is 5.32 Å². The van der Waals surface area contributed by atoms with Crippen molar-refractivity contribution in [2.24, 2.45) is 0 Å². The Kier molecular flexibility index (Phi) is 6.45. The lowest BCUT2D eigenvalue weighted by molar-refractivity contribution is -0.167. The number of pyridine rings is 1. The van der Waals surface area contributed by atoms with Gasteiger partial charge >= 0.3 is 18.0 Å². The molecule has 1 unspecified atom stereocenters. The van der Waals surface area contributed by atoms with E-state index in [-0.39, 0.29) is 11.3 Å². The highest BCUT2D eigenvalue weighted by atomic mass is 19.4. The van der Waals surface area contributed by atoms with Crippen LogP contribution in [-0.2, 0) is 17.3 Å². The smallest absolute Gasteiger partial charge is 0.384 e. The second-order valence-electron chi connectivity index (χ2n) is 6.38. The average molecular weight is 452 g/mol. The Hall–Kier alpha value is -3.92. The van der Waals surface area contributed by atoms with Crippen LogP contribution in [0.5, 0.6) is 0 Å². The van der Waals surface area contributed by atoms with Gasteiger partial charge in [0.25, 0.3) is 0 Å². The van der Waals surface area contributed by atoms with Crippen molar-refractivity contribution in [1.82, 2.24) is 25.2 Å². The molecule has 0 spiro atoms. The van der Waals surface area contributed by atoms with E-state index in [1.807, 2.05) is 0 Å². The van der Waals surface area contributed by atoms with Crippen LogP contribution in [0, 0.1) is 11.8 Å². The number of amides is 1. The van der Waals surface area contributed by atoms with Crippen LogP contribution in [-0.4, -0.2) is 48.5 Å². The van der Waals surface area contributed by atoms with Gasteiger partial charge in [0.1, 0.15) is 18.1 Å². The third kappa shape index (κ3) is 5.61. The van der Waals surface area contributed by atoms with Crippen LogP contribution in [0.4, 0.5) is 27.6 Å². The standard InChI is InChI=1S/C19H13F5N6O2/c20-18(21,16(31)10-30-11-26-28-29-30)15-8-5-13(9-25-15)2-1-12-3-6-14(7-4-12)27-17(32)19(22,23)24/h3-9,11,16,31H,10H2,(H,27,32). The van der Waals surface area contributed by atoms with E-state index in [9.17, 15) is 31.9 Å². The van der Waals surface area contributed by atoms with Crippen LogP contribution < -0.4 is 5.32 Å². The summed E-state index contributed by atoms with van der Waals surface area (Å²) in [6, 6.07) is 7.53. The summed E-state index contributed by atoms with van der Waals surface area (Å²) in [5.74, 6) is -0.400. The van der Waals surface area contributed by atoms with E-state index in [4.69, 9.17) is 0 Å². The Morgan fingerprint density at radius 3 is 2.28 bits per heavy atom. The topological polar surface area (TPSA) is 106 Å². The number of rotatable bonds is 5. The summed E-state index contributed by atoms with van der Waals surface area (Å²) in [5.41, 5.74) is -0.0463. The SMILES string of the molecule is O=C(Nc1ccc(C#Cc2ccc(C(F)(F)C(O)Cn3cnnn3)nc2)cc1)C(F)(F)F. The van der Waals surface area contributed by atoms with E-state index in [2.05, 4.69) is 32.4 Å². The fourth-order valence-corrected chi connectivity index (χ4v) is 2.37. The lowest BCUT2D eigenvalue weighted by atomic mass is 10.1. The lowest BCUT2D eigenvalue weighted by Crippen LogP contribution is -2.35. The van der Waals surface area contributed by atoms with Gasteiger partial charge in [-0.05, 0) is 46.8 Å². The highest BCUT2D eigenvalue weighted by Gasteiger charge is 2.42. The van der Waals surface area contributed by atoms with Gasteiger partial charge in [0.2, 0.25) is 0 Å². The van der Waals surface area contributed by atoms with Gasteiger partial charge in [0.05, 0.1) is 6.54 Å². The van der Waals surface area contributed by atoms with Gasteiger partial charge in [0, 0.05) is 23.0 Å². The predicted molar refractivity (Wildman–Crippen MR) is 99.1 cm³/mol. The first kappa shape index (κ1) is 22.8. The summed E-state index contributed by atoms with van der Waals surface area (Å²) in [7, 11) is 0. The van der Waals surface area contributed by atoms with E-state index in [0.29, 0.717) is 5.56 Å². The zero-order chi connectivity index (χ0) is 23.4. The second-order valence-corrected chi connectivity index (χ2v) is 6.38. The second kappa shape index (κ2) is 9.06. The first-order valence-electron chi connectivity index (χ1n) is 8.79. The summed E-state index contributed by atoms with van der Waals surface area (Å²) < 4.78 is 66.5. The average Bonchev–Trinajstić information content (AvgIpc) is 3.26. The summed E-state index contributed by atoms with van der Waals surface area (Å²) in [5, 5.41) is 21.5. The molecule has 13 heteroatoms. The van der Waals surface area contributed by atoms with Crippen molar-refractivity contribution < 1.29 is 31.9 Å². The molecule has 0 bridgehead atoms. The number of aliphatic hydroxyl groups excluding tert-OH is 1. The van der Waals surface area contributed by atoms with Crippen LogP contribution in [0.3, 0.4) is 0 Å². The number of anilines is 1. The molecular formula is C19H13F5N6O2. The van der Waals surface area contributed by atoms with Crippen molar-refractivity contribution in [3.8, 4) is 11.8 Å². The van der Waals surface area contributed by atoms with Gasteiger partial charge < -0.3 is 10.4 Å². The molecule has 2 aromatic heterocycles. The Balaban J connectivity index is 1.65. The minimum absolute atomic E-state index is 0.0636. The fraction of sp³-hybridized carbons (Fsp3) is 0.211. The summed E-state index contributed by atoms with van der Waals surface area (Å²) in [4.78, 5) is 14.6. The Morgan fingerprint density at radius 1 is 1.06 bits per heavy atom. The Labute approximate surface area is 177 Å². The molecular weight excluding hydrogens is 439 g/mol. The minimum Gasteiger partial charge on any atom is -0.384 e. The summed E-state index contributed by atoms with van der Waals surface area (Å²) in [6.07, 6.45) is -4.94. The van der Waals surface area contributed by atoms with E-state index < -0.39 is 36.3 Å². The third-order valence-electron chi connectivity index (χ3n) is 4.03. The van der Waals surface area contributed by atoms with Crippen molar-refractivity contribution in [3.05, 3.63) is 65.7 Å². The number of hydrogen-bond donors (Lipinski definition) is 2. The Bertz CT molecular complexity index is 1120. The van der Waals surface area contributed by atoms with Gasteiger partial charge in [-0.25, -0.2) is 4.68 Å². The van der Waals surface area contributed by atoms with Gasteiger partial charge in [-0.3, -0.25) is 9.78 Å². The number of tetrazole rings is 1. The number of aliphatic hydroxyl groups is 1. The first-order chi connectivity index (χ1) is 15.1. The van der Waals surface area contributed by atoms with Gasteiger partial charge in [0.15, 0.2) is 0 Å². The molecule has 2 heterocycles. The maximum atomic E-state index is 14.4. The number of carbonyl (C=O) groups is 1. The molecule has 0 fully saturated rings. The van der Waals surface area contributed by atoms with Crippen LogP contribution in [0.2, 0.25) is 0 Å². The monoisotopic (exact) mass is 452 g/mol. The predicted octanol–water partition coefficient (Wildman–Crippen LogP) is 2.12. The minimum atomic E-state index is -5.00. The number of nitrogens with zero attached hydrogens (tertiary/aromatic N) is 5.